The summed E-state index contributed by atoms with van der Waals surface area (Å²) in [7, 11) is 0. The van der Waals surface area contributed by atoms with Crippen LogP contribution in [-0.2, 0) is 11.3 Å². The number of thiophene rings is 1. The molecule has 4 aromatic rings. The van der Waals surface area contributed by atoms with Crippen LogP contribution in [0.5, 0.6) is 5.75 Å². The highest BCUT2D eigenvalue weighted by Crippen LogP contribution is 2.45. The third kappa shape index (κ3) is 4.18. The van der Waals surface area contributed by atoms with Gasteiger partial charge in [-0.15, -0.1) is 21.5 Å². The van der Waals surface area contributed by atoms with Crippen LogP contribution in [0.15, 0.2) is 42.6 Å². The molecular formula is C25H24N6O3S2. The number of piperidine rings is 1. The highest BCUT2D eigenvalue weighted by atomic mass is 32.1. The molecule has 36 heavy (non-hydrogen) atoms. The molecule has 2 aliphatic heterocycles. The highest BCUT2D eigenvalue weighted by molar-refractivity contribution is 7.18. The number of benzene rings is 1. The number of carboxylic acids is 1. The Balaban J connectivity index is 1.23. The summed E-state index contributed by atoms with van der Waals surface area (Å²) in [5.41, 5.74) is 3.35. The van der Waals surface area contributed by atoms with Gasteiger partial charge in [0.2, 0.25) is 5.82 Å². The first kappa shape index (κ1) is 22.9. The van der Waals surface area contributed by atoms with Gasteiger partial charge in [0.1, 0.15) is 11.4 Å². The lowest BCUT2D eigenvalue weighted by Gasteiger charge is -2.43. The number of rotatable bonds is 5. The molecule has 1 spiro atoms. The Bertz CT molecular complexity index is 1480. The fourth-order valence-electron chi connectivity index (χ4n) is 4.86. The average Bonchev–Trinajstić information content (AvgIpc) is 3.59. The van der Waals surface area contributed by atoms with Crippen LogP contribution in [0.3, 0.4) is 0 Å². The lowest BCUT2D eigenvalue weighted by Crippen LogP contribution is -2.48. The second kappa shape index (κ2) is 8.82. The molecule has 0 atom stereocenters. The van der Waals surface area contributed by atoms with Crippen molar-refractivity contribution in [1.29, 1.82) is 0 Å². The molecule has 5 heterocycles. The van der Waals surface area contributed by atoms with Gasteiger partial charge in [-0.2, -0.15) is 4.80 Å². The highest BCUT2D eigenvalue weighted by Gasteiger charge is 2.40. The van der Waals surface area contributed by atoms with Gasteiger partial charge in [-0.3, -0.25) is 4.79 Å². The van der Waals surface area contributed by atoms with Gasteiger partial charge >= 0.3 is 5.97 Å². The Morgan fingerprint density at radius 3 is 2.72 bits per heavy atom. The van der Waals surface area contributed by atoms with Crippen molar-refractivity contribution in [3.05, 3.63) is 63.5 Å². The number of tetrazole rings is 1. The Labute approximate surface area is 215 Å². The van der Waals surface area contributed by atoms with Crippen LogP contribution in [0.2, 0.25) is 0 Å². The molecule has 0 saturated carbocycles. The van der Waals surface area contributed by atoms with Gasteiger partial charge in [-0.05, 0) is 48.4 Å². The summed E-state index contributed by atoms with van der Waals surface area (Å²) in [5.74, 6) is 0.314. The average molecular weight is 521 g/mol. The minimum atomic E-state index is -1.01. The molecule has 3 aromatic heterocycles. The van der Waals surface area contributed by atoms with Crippen molar-refractivity contribution in [1.82, 2.24) is 25.2 Å². The number of hydrogen-bond acceptors (Lipinski definition) is 9. The van der Waals surface area contributed by atoms with E-state index in [-0.39, 0.29) is 12.1 Å². The first-order valence-corrected chi connectivity index (χ1v) is 13.3. The molecule has 1 aromatic carbocycles. The van der Waals surface area contributed by atoms with E-state index in [1.807, 2.05) is 17.4 Å². The van der Waals surface area contributed by atoms with Gasteiger partial charge in [-0.25, -0.2) is 4.98 Å². The van der Waals surface area contributed by atoms with Crippen molar-refractivity contribution < 1.29 is 14.6 Å². The number of ether oxygens (including phenoxy) is 1. The molecule has 0 amide bonds. The van der Waals surface area contributed by atoms with Crippen molar-refractivity contribution >= 4 is 39.3 Å². The number of anilines is 1. The quantitative estimate of drug-likeness (QED) is 0.412. The van der Waals surface area contributed by atoms with Gasteiger partial charge in [0, 0.05) is 41.2 Å². The number of thiazole rings is 1. The molecular weight excluding hydrogens is 496 g/mol. The van der Waals surface area contributed by atoms with Crippen LogP contribution < -0.4 is 9.64 Å². The van der Waals surface area contributed by atoms with Crippen molar-refractivity contribution in [2.24, 2.45) is 0 Å². The van der Waals surface area contributed by atoms with Gasteiger partial charge in [0.05, 0.1) is 11.1 Å². The van der Waals surface area contributed by atoms with Crippen LogP contribution in [0, 0.1) is 13.8 Å². The van der Waals surface area contributed by atoms with Crippen molar-refractivity contribution in [2.45, 2.75) is 38.8 Å². The van der Waals surface area contributed by atoms with E-state index in [0.717, 1.165) is 52.0 Å². The Kier molecular flexibility index (Phi) is 5.60. The first-order valence-electron chi connectivity index (χ1n) is 11.7. The molecule has 11 heteroatoms. The molecule has 0 unspecified atom stereocenters. The molecule has 0 bridgehead atoms. The van der Waals surface area contributed by atoms with E-state index in [9.17, 15) is 4.79 Å². The van der Waals surface area contributed by atoms with E-state index < -0.39 is 5.97 Å². The van der Waals surface area contributed by atoms with Crippen LogP contribution in [-0.4, -0.2) is 55.0 Å². The number of carboxylic acid groups (broad SMARTS) is 1. The van der Waals surface area contributed by atoms with Gasteiger partial charge < -0.3 is 14.7 Å². The monoisotopic (exact) mass is 520 g/mol. The third-order valence-corrected chi connectivity index (χ3v) is 8.57. The number of carbonyl (C=O) groups is 1. The summed E-state index contributed by atoms with van der Waals surface area (Å²) >= 11 is 3.32. The number of nitrogens with zero attached hydrogens (tertiary/aromatic N) is 6. The third-order valence-electron chi connectivity index (χ3n) is 6.55. The molecule has 0 aliphatic carbocycles. The van der Waals surface area contributed by atoms with E-state index in [1.54, 1.807) is 6.20 Å². The number of aliphatic carboxylic acids is 1. The fraction of sp³-hybridized carbons (Fsp3) is 0.320. The number of hydrogen-bond donors (Lipinski definition) is 1. The van der Waals surface area contributed by atoms with Gasteiger partial charge in [0.15, 0.2) is 11.7 Å². The topological polar surface area (TPSA) is 106 Å². The molecule has 2 aliphatic rings. The molecule has 1 fully saturated rings. The van der Waals surface area contributed by atoms with Crippen molar-refractivity contribution in [3.8, 4) is 16.5 Å². The maximum Gasteiger partial charge on any atom is 0.327 e. The molecule has 184 valence electrons. The zero-order valence-corrected chi connectivity index (χ0v) is 21.5. The molecule has 1 N–H and O–H groups in total. The van der Waals surface area contributed by atoms with Crippen molar-refractivity contribution in [2.75, 3.05) is 18.0 Å². The summed E-state index contributed by atoms with van der Waals surface area (Å²) < 4.78 is 6.66. The van der Waals surface area contributed by atoms with E-state index in [0.29, 0.717) is 5.82 Å². The number of aryl methyl sites for hydroxylation is 2. The summed E-state index contributed by atoms with van der Waals surface area (Å²) in [5, 5.41) is 21.7. The van der Waals surface area contributed by atoms with E-state index in [4.69, 9.17) is 9.84 Å². The van der Waals surface area contributed by atoms with Crippen LogP contribution in [0.1, 0.15) is 33.7 Å². The first-order chi connectivity index (χ1) is 17.4. The number of aromatic nitrogens is 5. The fourth-order valence-corrected chi connectivity index (χ4v) is 6.69. The summed E-state index contributed by atoms with van der Waals surface area (Å²) in [4.78, 5) is 22.2. The summed E-state index contributed by atoms with van der Waals surface area (Å²) in [6, 6.07) is 10.6. The smallest absolute Gasteiger partial charge is 0.327 e. The predicted octanol–water partition coefficient (Wildman–Crippen LogP) is 4.42. The normalized spacial score (nSPS) is 16.5. The summed E-state index contributed by atoms with van der Waals surface area (Å²) in [6.07, 6.45) is 5.75. The van der Waals surface area contributed by atoms with E-state index >= 15 is 0 Å². The van der Waals surface area contributed by atoms with Gasteiger partial charge in [-0.1, -0.05) is 29.5 Å². The standard InChI is InChI=1S/C25H24N6O3S2/c1-15-11-18(16(2)35-15)19-12-25(34-20-6-4-3-5-17(19)20)7-9-30(10-8-25)24-26-13-21(36-24)23-27-29-31(28-23)14-22(32)33/h3-6,11-13H,7-10,14H2,1-2H3,(H,32,33). The van der Waals surface area contributed by atoms with Crippen LogP contribution in [0.25, 0.3) is 16.3 Å². The number of fused-ring (bicyclic) bond motifs is 1. The molecule has 0 radical (unpaired) electrons. The SMILES string of the molecule is Cc1cc(C2=CC3(CCN(c4ncc(-c5nnn(CC(=O)O)n5)s4)CC3)Oc3ccccc32)c(C)s1. The second-order valence-corrected chi connectivity index (χ2v) is 11.5. The van der Waals surface area contributed by atoms with Crippen molar-refractivity contribution in [3.63, 3.8) is 0 Å². The Morgan fingerprint density at radius 2 is 1.97 bits per heavy atom. The van der Waals surface area contributed by atoms with Gasteiger partial charge in [0.25, 0.3) is 0 Å². The Morgan fingerprint density at radius 1 is 1.17 bits per heavy atom. The maximum absolute atomic E-state index is 10.9. The second-order valence-electron chi connectivity index (χ2n) is 9.08. The van der Waals surface area contributed by atoms with Crippen LogP contribution in [0.4, 0.5) is 5.13 Å². The largest absolute Gasteiger partial charge is 0.482 e. The molecule has 1 saturated heterocycles. The zero-order chi connectivity index (χ0) is 24.9. The lowest BCUT2D eigenvalue weighted by atomic mass is 9.83. The van der Waals surface area contributed by atoms with E-state index in [2.05, 4.69) is 69.5 Å². The Hall–Kier alpha value is -3.57. The maximum atomic E-state index is 10.9. The molecule has 9 nitrogen and oxygen atoms in total. The predicted molar refractivity (Wildman–Crippen MR) is 139 cm³/mol. The zero-order valence-electron chi connectivity index (χ0n) is 19.8. The lowest BCUT2D eigenvalue weighted by molar-refractivity contribution is -0.138. The van der Waals surface area contributed by atoms with E-state index in [1.165, 1.54) is 32.2 Å². The summed E-state index contributed by atoms with van der Waals surface area (Å²) in [6.45, 7) is 5.64. The molecule has 6 rings (SSSR count). The minimum absolute atomic E-state index is 0.323. The van der Waals surface area contributed by atoms with Crippen LogP contribution >= 0.6 is 22.7 Å². The minimum Gasteiger partial charge on any atom is -0.482 e. The number of para-hydroxylation sites is 1.